The van der Waals surface area contributed by atoms with Crippen molar-refractivity contribution in [2.75, 3.05) is 19.8 Å². The van der Waals surface area contributed by atoms with E-state index in [1.54, 1.807) is 11.0 Å². The molecular formula is C26H29N3O3S. The molecule has 1 aliphatic rings. The molecule has 172 valence electrons. The van der Waals surface area contributed by atoms with Crippen LogP contribution in [0.2, 0.25) is 0 Å². The van der Waals surface area contributed by atoms with E-state index in [9.17, 15) is 13.2 Å². The molecule has 1 unspecified atom stereocenters. The van der Waals surface area contributed by atoms with Crippen LogP contribution in [0.4, 0.5) is 0 Å². The first-order valence-electron chi connectivity index (χ1n) is 11.0. The molecule has 6 nitrogen and oxygen atoms in total. The van der Waals surface area contributed by atoms with Gasteiger partial charge in [-0.15, -0.1) is 0 Å². The number of benzene rings is 2. The Balaban J connectivity index is 1.51. The van der Waals surface area contributed by atoms with E-state index in [4.69, 9.17) is 0 Å². The van der Waals surface area contributed by atoms with Gasteiger partial charge in [-0.2, -0.15) is 0 Å². The van der Waals surface area contributed by atoms with Crippen molar-refractivity contribution in [3.05, 3.63) is 101 Å². The number of carbonyl (C=O) groups is 1. The van der Waals surface area contributed by atoms with Gasteiger partial charge in [-0.25, -0.2) is 8.42 Å². The van der Waals surface area contributed by atoms with Crippen LogP contribution >= 0.6 is 0 Å². The molecule has 0 fully saturated rings. The van der Waals surface area contributed by atoms with E-state index in [1.807, 2.05) is 81.0 Å². The van der Waals surface area contributed by atoms with Crippen LogP contribution in [-0.4, -0.2) is 54.6 Å². The molecule has 1 atom stereocenters. The van der Waals surface area contributed by atoms with Crippen molar-refractivity contribution in [3.63, 3.8) is 0 Å². The lowest BCUT2D eigenvalue weighted by atomic mass is 10.1. The van der Waals surface area contributed by atoms with Crippen LogP contribution in [0.15, 0.2) is 84.4 Å². The minimum atomic E-state index is -3.26. The fourth-order valence-electron chi connectivity index (χ4n) is 4.10. The molecule has 0 spiro atoms. The van der Waals surface area contributed by atoms with Crippen molar-refractivity contribution in [1.29, 1.82) is 0 Å². The normalized spacial score (nSPS) is 16.9. The van der Waals surface area contributed by atoms with E-state index in [0.717, 1.165) is 23.4 Å². The first-order valence-corrected chi connectivity index (χ1v) is 12.7. The topological polar surface area (TPSA) is 62.6 Å². The number of aromatic nitrogens is 1. The van der Waals surface area contributed by atoms with Gasteiger partial charge in [-0.05, 0) is 55.6 Å². The maximum atomic E-state index is 13.3. The molecule has 2 heterocycles. The lowest BCUT2D eigenvalue weighted by molar-refractivity contribution is -0.132. The highest BCUT2D eigenvalue weighted by atomic mass is 32.2. The number of amides is 1. The molecule has 0 saturated carbocycles. The van der Waals surface area contributed by atoms with Crippen LogP contribution in [0.1, 0.15) is 16.8 Å². The summed E-state index contributed by atoms with van der Waals surface area (Å²) in [5, 5.41) is 1.22. The number of nitrogens with zero attached hydrogens (tertiary/aromatic N) is 3. The molecule has 3 aromatic rings. The van der Waals surface area contributed by atoms with E-state index < -0.39 is 15.9 Å². The Morgan fingerprint density at radius 1 is 0.939 bits per heavy atom. The summed E-state index contributed by atoms with van der Waals surface area (Å²) in [6, 6.07) is 21.3. The molecule has 2 aromatic carbocycles. The van der Waals surface area contributed by atoms with E-state index >= 15 is 0 Å². The van der Waals surface area contributed by atoms with Gasteiger partial charge in [0.15, 0.2) is 9.84 Å². The largest absolute Gasteiger partial charge is 0.331 e. The Kier molecular flexibility index (Phi) is 6.81. The van der Waals surface area contributed by atoms with Crippen LogP contribution in [0.5, 0.6) is 0 Å². The van der Waals surface area contributed by atoms with Crippen LogP contribution in [0.3, 0.4) is 0 Å². The van der Waals surface area contributed by atoms with Gasteiger partial charge in [0.2, 0.25) is 5.91 Å². The van der Waals surface area contributed by atoms with Crippen molar-refractivity contribution in [2.24, 2.45) is 0 Å². The number of hydrogen-bond donors (Lipinski definition) is 0. The van der Waals surface area contributed by atoms with Crippen molar-refractivity contribution >= 4 is 15.7 Å². The Hall–Kier alpha value is -3.16. The number of carbonyl (C=O) groups excluding carboxylic acids is 1. The minimum Gasteiger partial charge on any atom is -0.331 e. The standard InChI is InChI=1S/C26H29N3O3S/c1-27(2)19-24-9-6-15-28(24)23-12-10-21(11-13-23)17-26(30)29(18-22-7-4-3-5-8-22)25-14-16-33(31,32)20-25/h3-16,25H,17-20H2,1-2H3. The Morgan fingerprint density at radius 3 is 2.30 bits per heavy atom. The minimum absolute atomic E-state index is 0.0627. The van der Waals surface area contributed by atoms with Crippen molar-refractivity contribution < 1.29 is 13.2 Å². The van der Waals surface area contributed by atoms with Gasteiger partial charge in [0.25, 0.3) is 0 Å². The second-order valence-corrected chi connectivity index (χ2v) is 10.6. The zero-order valence-electron chi connectivity index (χ0n) is 19.0. The third kappa shape index (κ3) is 5.80. The van der Waals surface area contributed by atoms with Crippen LogP contribution in [-0.2, 0) is 34.1 Å². The summed E-state index contributed by atoms with van der Waals surface area (Å²) in [6.07, 6.45) is 3.87. The molecule has 0 bridgehead atoms. The second-order valence-electron chi connectivity index (χ2n) is 8.68. The maximum absolute atomic E-state index is 13.3. The average molecular weight is 464 g/mol. The Morgan fingerprint density at radius 2 is 1.67 bits per heavy atom. The summed E-state index contributed by atoms with van der Waals surface area (Å²) < 4.78 is 26.1. The third-order valence-corrected chi connectivity index (χ3v) is 7.09. The Bertz CT molecular complexity index is 1230. The first kappa shape index (κ1) is 23.0. The SMILES string of the molecule is CN(C)Cc1cccn1-c1ccc(CC(=O)N(Cc2ccccc2)C2C=CS(=O)(=O)C2)cc1. The Labute approximate surface area is 195 Å². The zero-order valence-corrected chi connectivity index (χ0v) is 19.8. The molecular weight excluding hydrogens is 434 g/mol. The number of hydrogen-bond acceptors (Lipinski definition) is 4. The molecule has 0 N–H and O–H groups in total. The van der Waals surface area contributed by atoms with Crippen LogP contribution in [0.25, 0.3) is 5.69 Å². The average Bonchev–Trinajstić information content (AvgIpc) is 3.38. The molecule has 1 amide bonds. The highest BCUT2D eigenvalue weighted by Crippen LogP contribution is 2.20. The molecule has 0 aliphatic carbocycles. The predicted molar refractivity (Wildman–Crippen MR) is 131 cm³/mol. The molecule has 0 radical (unpaired) electrons. The quantitative estimate of drug-likeness (QED) is 0.514. The summed E-state index contributed by atoms with van der Waals surface area (Å²) in [5.41, 5.74) is 4.10. The maximum Gasteiger partial charge on any atom is 0.227 e. The molecule has 7 heteroatoms. The predicted octanol–water partition coefficient (Wildman–Crippen LogP) is 3.42. The lowest BCUT2D eigenvalue weighted by Crippen LogP contribution is -2.41. The van der Waals surface area contributed by atoms with Crippen molar-refractivity contribution in [1.82, 2.24) is 14.4 Å². The molecule has 1 aliphatic heterocycles. The van der Waals surface area contributed by atoms with Gasteiger partial charge < -0.3 is 14.4 Å². The highest BCUT2D eigenvalue weighted by Gasteiger charge is 2.30. The van der Waals surface area contributed by atoms with Crippen LogP contribution in [0, 0.1) is 0 Å². The second kappa shape index (κ2) is 9.77. The fraction of sp³-hybridized carbons (Fsp3) is 0.269. The van der Waals surface area contributed by atoms with E-state index in [0.29, 0.717) is 6.54 Å². The first-order chi connectivity index (χ1) is 15.8. The summed E-state index contributed by atoms with van der Waals surface area (Å²) in [4.78, 5) is 17.1. The smallest absolute Gasteiger partial charge is 0.227 e. The van der Waals surface area contributed by atoms with E-state index in [1.165, 1.54) is 11.1 Å². The van der Waals surface area contributed by atoms with Gasteiger partial charge in [0.05, 0.1) is 18.2 Å². The van der Waals surface area contributed by atoms with Crippen molar-refractivity contribution in [3.8, 4) is 5.69 Å². The highest BCUT2D eigenvalue weighted by molar-refractivity contribution is 7.94. The molecule has 0 saturated heterocycles. The van der Waals surface area contributed by atoms with Gasteiger partial charge in [0.1, 0.15) is 0 Å². The summed E-state index contributed by atoms with van der Waals surface area (Å²) in [5.74, 6) is -0.153. The summed E-state index contributed by atoms with van der Waals surface area (Å²) >= 11 is 0. The van der Waals surface area contributed by atoms with E-state index in [-0.39, 0.29) is 18.1 Å². The fourth-order valence-corrected chi connectivity index (χ4v) is 5.39. The van der Waals surface area contributed by atoms with Gasteiger partial charge >= 0.3 is 0 Å². The van der Waals surface area contributed by atoms with Crippen LogP contribution < -0.4 is 0 Å². The lowest BCUT2D eigenvalue weighted by Gasteiger charge is -2.28. The molecule has 1 aromatic heterocycles. The van der Waals surface area contributed by atoms with Gasteiger partial charge in [0, 0.05) is 36.1 Å². The zero-order chi connectivity index (χ0) is 23.4. The number of rotatable bonds is 8. The molecule has 4 rings (SSSR count). The molecule has 33 heavy (non-hydrogen) atoms. The van der Waals surface area contributed by atoms with Gasteiger partial charge in [-0.1, -0.05) is 42.5 Å². The van der Waals surface area contributed by atoms with Gasteiger partial charge in [-0.3, -0.25) is 4.79 Å². The van der Waals surface area contributed by atoms with Crippen molar-refractivity contribution in [2.45, 2.75) is 25.6 Å². The summed E-state index contributed by atoms with van der Waals surface area (Å²) in [7, 11) is 0.816. The third-order valence-electron chi connectivity index (χ3n) is 5.71. The van der Waals surface area contributed by atoms with E-state index in [2.05, 4.69) is 15.5 Å². The summed E-state index contributed by atoms with van der Waals surface area (Å²) in [6.45, 7) is 1.21. The monoisotopic (exact) mass is 463 g/mol. The number of sulfone groups is 1.